The largest absolute Gasteiger partial charge is 0.257 e. The Balaban J connectivity index is 3.29. The van der Waals surface area contributed by atoms with Crippen molar-refractivity contribution in [2.45, 2.75) is 105 Å². The van der Waals surface area contributed by atoms with Crippen LogP contribution in [0, 0.1) is 10.8 Å². The Bertz CT molecular complexity index is 533. The van der Waals surface area contributed by atoms with Gasteiger partial charge in [-0.2, -0.15) is 0 Å². The number of rotatable bonds is 3. The highest BCUT2D eigenvalue weighted by atomic mass is 31.1. The minimum atomic E-state index is -0.169. The van der Waals surface area contributed by atoms with Gasteiger partial charge in [-0.25, -0.2) is 0 Å². The standard InChI is InChI=1S/C23H42NP/c1-20(2,3)19(21(4,5)6)18-15-13-14-17(24-18)16-25(22(7,8)9)23(10,11)12/h13-15,19H,16H2,1-12H3. The summed E-state index contributed by atoms with van der Waals surface area (Å²) in [6.07, 6.45) is 1.11. The highest BCUT2D eigenvalue weighted by Crippen LogP contribution is 2.61. The smallest absolute Gasteiger partial charge is 0.0450 e. The summed E-state index contributed by atoms with van der Waals surface area (Å²) in [5, 5.41) is 0.664. The predicted molar refractivity (Wildman–Crippen MR) is 116 cm³/mol. The average Bonchev–Trinajstić information content (AvgIpc) is 2.30. The van der Waals surface area contributed by atoms with Crippen molar-refractivity contribution in [2.24, 2.45) is 10.8 Å². The van der Waals surface area contributed by atoms with Crippen LogP contribution in [0.25, 0.3) is 0 Å². The molecule has 0 aliphatic heterocycles. The van der Waals surface area contributed by atoms with E-state index in [-0.39, 0.29) is 18.8 Å². The van der Waals surface area contributed by atoms with Gasteiger partial charge in [-0.15, -0.1) is 0 Å². The lowest BCUT2D eigenvalue weighted by atomic mass is 9.65. The first-order chi connectivity index (χ1) is 10.9. The molecule has 0 unspecified atom stereocenters. The van der Waals surface area contributed by atoms with E-state index in [0.717, 1.165) is 6.16 Å². The van der Waals surface area contributed by atoms with Gasteiger partial charge < -0.3 is 0 Å². The summed E-state index contributed by atoms with van der Waals surface area (Å²) in [5.41, 5.74) is 2.92. The molecular formula is C23H42NP. The lowest BCUT2D eigenvalue weighted by molar-refractivity contribution is 0.172. The van der Waals surface area contributed by atoms with Crippen LogP contribution in [0.4, 0.5) is 0 Å². The van der Waals surface area contributed by atoms with E-state index in [1.165, 1.54) is 11.4 Å². The lowest BCUT2D eigenvalue weighted by Crippen LogP contribution is -2.31. The number of aromatic nitrogens is 1. The molecule has 0 spiro atoms. The summed E-state index contributed by atoms with van der Waals surface area (Å²) < 4.78 is 0. The van der Waals surface area contributed by atoms with Crippen LogP contribution >= 0.6 is 7.92 Å². The maximum atomic E-state index is 5.19. The van der Waals surface area contributed by atoms with Crippen LogP contribution in [0.3, 0.4) is 0 Å². The first-order valence-electron chi connectivity index (χ1n) is 9.67. The Morgan fingerprint density at radius 1 is 0.760 bits per heavy atom. The second kappa shape index (κ2) is 7.30. The van der Waals surface area contributed by atoms with Gasteiger partial charge in [-0.3, -0.25) is 4.98 Å². The summed E-state index contributed by atoms with van der Waals surface area (Å²) in [4.78, 5) is 5.19. The molecule has 0 fully saturated rings. The molecule has 1 heterocycles. The van der Waals surface area contributed by atoms with Gasteiger partial charge in [0.1, 0.15) is 0 Å². The average molecular weight is 364 g/mol. The third-order valence-electron chi connectivity index (χ3n) is 4.80. The summed E-state index contributed by atoms with van der Waals surface area (Å²) >= 11 is 0. The van der Waals surface area contributed by atoms with E-state index in [1.807, 2.05) is 0 Å². The van der Waals surface area contributed by atoms with E-state index < -0.39 is 0 Å². The zero-order valence-corrected chi connectivity index (χ0v) is 19.8. The fourth-order valence-electron chi connectivity index (χ4n) is 4.58. The van der Waals surface area contributed by atoms with Crippen LogP contribution in [0.15, 0.2) is 18.2 Å². The molecular weight excluding hydrogens is 321 g/mol. The maximum Gasteiger partial charge on any atom is 0.0450 e. The minimum Gasteiger partial charge on any atom is -0.257 e. The maximum absolute atomic E-state index is 5.19. The summed E-state index contributed by atoms with van der Waals surface area (Å²) in [6, 6.07) is 6.70. The first-order valence-corrected chi connectivity index (χ1v) is 11.2. The third-order valence-corrected chi connectivity index (χ3v) is 8.67. The highest BCUT2D eigenvalue weighted by Gasteiger charge is 2.38. The van der Waals surface area contributed by atoms with Gasteiger partial charge in [0, 0.05) is 23.5 Å². The minimum absolute atomic E-state index is 0.169. The monoisotopic (exact) mass is 363 g/mol. The molecule has 144 valence electrons. The fraction of sp³-hybridized carbons (Fsp3) is 0.783. The van der Waals surface area contributed by atoms with Crippen molar-refractivity contribution >= 4 is 7.92 Å². The third kappa shape index (κ3) is 6.35. The van der Waals surface area contributed by atoms with E-state index in [9.17, 15) is 0 Å². The second-order valence-corrected chi connectivity index (χ2v) is 15.5. The van der Waals surface area contributed by atoms with Gasteiger partial charge in [0.15, 0.2) is 0 Å². The molecule has 25 heavy (non-hydrogen) atoms. The van der Waals surface area contributed by atoms with E-state index in [0.29, 0.717) is 16.2 Å². The van der Waals surface area contributed by atoms with E-state index in [4.69, 9.17) is 4.98 Å². The Hall–Kier alpha value is -0.420. The summed E-state index contributed by atoms with van der Waals surface area (Å²) in [6.45, 7) is 28.4. The van der Waals surface area contributed by atoms with Crippen LogP contribution in [-0.4, -0.2) is 15.3 Å². The van der Waals surface area contributed by atoms with E-state index in [2.05, 4.69) is 101 Å². The number of pyridine rings is 1. The molecule has 0 radical (unpaired) electrons. The van der Waals surface area contributed by atoms with Crippen LogP contribution in [-0.2, 0) is 6.16 Å². The van der Waals surface area contributed by atoms with Crippen molar-refractivity contribution in [1.29, 1.82) is 0 Å². The predicted octanol–water partition coefficient (Wildman–Crippen LogP) is 7.84. The van der Waals surface area contributed by atoms with Crippen molar-refractivity contribution in [3.63, 3.8) is 0 Å². The molecule has 0 N–H and O–H groups in total. The van der Waals surface area contributed by atoms with Crippen LogP contribution in [0.5, 0.6) is 0 Å². The van der Waals surface area contributed by atoms with E-state index >= 15 is 0 Å². The number of nitrogens with zero attached hydrogens (tertiary/aromatic N) is 1. The van der Waals surface area contributed by atoms with Crippen molar-refractivity contribution in [3.05, 3.63) is 29.6 Å². The van der Waals surface area contributed by atoms with Crippen molar-refractivity contribution < 1.29 is 0 Å². The normalized spacial score (nSPS) is 14.5. The highest BCUT2D eigenvalue weighted by molar-refractivity contribution is 7.60. The molecule has 0 saturated heterocycles. The first kappa shape index (κ1) is 22.6. The van der Waals surface area contributed by atoms with Gasteiger partial charge in [0.2, 0.25) is 0 Å². The molecule has 0 aliphatic carbocycles. The Morgan fingerprint density at radius 2 is 1.20 bits per heavy atom. The molecule has 1 rings (SSSR count). The van der Waals surface area contributed by atoms with Gasteiger partial charge in [-0.05, 0) is 33.3 Å². The van der Waals surface area contributed by atoms with E-state index in [1.54, 1.807) is 0 Å². The Labute approximate surface area is 159 Å². The molecule has 1 nitrogen and oxygen atoms in total. The molecule has 0 aromatic carbocycles. The quantitative estimate of drug-likeness (QED) is 0.498. The number of hydrogen-bond acceptors (Lipinski definition) is 1. The molecule has 1 aromatic rings. The van der Waals surface area contributed by atoms with Crippen LogP contribution < -0.4 is 0 Å². The van der Waals surface area contributed by atoms with Crippen molar-refractivity contribution in [2.75, 3.05) is 0 Å². The Morgan fingerprint density at radius 3 is 1.56 bits per heavy atom. The zero-order chi connectivity index (χ0) is 19.8. The summed E-state index contributed by atoms with van der Waals surface area (Å²) in [7, 11) is -0.169. The van der Waals surface area contributed by atoms with Gasteiger partial charge in [-0.1, -0.05) is 97.1 Å². The van der Waals surface area contributed by atoms with Crippen LogP contribution in [0.2, 0.25) is 0 Å². The molecule has 0 saturated carbocycles. The molecule has 1 aromatic heterocycles. The lowest BCUT2D eigenvalue weighted by Gasteiger charge is -2.42. The van der Waals surface area contributed by atoms with Gasteiger partial charge in [0.25, 0.3) is 0 Å². The Kier molecular flexibility index (Phi) is 6.61. The molecule has 2 heteroatoms. The van der Waals surface area contributed by atoms with Gasteiger partial charge >= 0.3 is 0 Å². The van der Waals surface area contributed by atoms with Crippen LogP contribution in [0.1, 0.15) is 100 Å². The molecule has 0 atom stereocenters. The number of hydrogen-bond donors (Lipinski definition) is 0. The summed E-state index contributed by atoms with van der Waals surface area (Å²) in [5.74, 6) is 0.440. The van der Waals surface area contributed by atoms with Crippen molar-refractivity contribution in [3.8, 4) is 0 Å². The van der Waals surface area contributed by atoms with Crippen molar-refractivity contribution in [1.82, 2.24) is 4.98 Å². The topological polar surface area (TPSA) is 12.9 Å². The fourth-order valence-corrected chi connectivity index (χ4v) is 8.04. The molecule has 0 amide bonds. The SMILES string of the molecule is CC(C)(C)C(c1cccc(CP(C(C)(C)C)C(C)(C)C)n1)C(C)(C)C. The van der Waals surface area contributed by atoms with Gasteiger partial charge in [0.05, 0.1) is 0 Å². The molecule has 0 bridgehead atoms. The molecule has 0 aliphatic rings. The second-order valence-electron chi connectivity index (χ2n) is 11.6. The zero-order valence-electron chi connectivity index (χ0n) is 18.9.